The summed E-state index contributed by atoms with van der Waals surface area (Å²) >= 11 is 0. The lowest BCUT2D eigenvalue weighted by Gasteiger charge is -2.17. The van der Waals surface area contributed by atoms with Crippen LogP contribution in [0.3, 0.4) is 0 Å². The van der Waals surface area contributed by atoms with Gasteiger partial charge < -0.3 is 10.2 Å². The molecule has 0 aliphatic rings. The maximum absolute atomic E-state index is 12.5. The first-order chi connectivity index (χ1) is 10.9. The van der Waals surface area contributed by atoms with Gasteiger partial charge in [0.15, 0.2) is 5.82 Å². The van der Waals surface area contributed by atoms with Gasteiger partial charge in [-0.3, -0.25) is 0 Å². The van der Waals surface area contributed by atoms with Crippen molar-refractivity contribution in [3.8, 4) is 0 Å². The minimum absolute atomic E-state index is 0.241. The number of hydrogen-bond donors (Lipinski definition) is 1. The Hall–Kier alpha value is -2.38. The molecule has 0 saturated carbocycles. The number of alkyl halides is 3. The monoisotopic (exact) mass is 325 g/mol. The van der Waals surface area contributed by atoms with Crippen LogP contribution in [0.5, 0.6) is 0 Å². The second-order valence-electron chi connectivity index (χ2n) is 5.11. The number of aromatic nitrogens is 3. The Balaban J connectivity index is 2.08. The van der Waals surface area contributed by atoms with E-state index in [1.807, 2.05) is 11.9 Å². The number of unbranched alkanes of at least 4 members (excludes halogenated alkanes) is 1. The largest absolute Gasteiger partial charge is 0.416 e. The molecule has 1 aromatic carbocycles. The molecule has 1 aromatic heterocycles. The fourth-order valence-electron chi connectivity index (χ4n) is 1.91. The van der Waals surface area contributed by atoms with Crippen LogP contribution in [-0.2, 0) is 6.18 Å². The van der Waals surface area contributed by atoms with E-state index in [0.29, 0.717) is 11.5 Å². The Morgan fingerprint density at radius 2 is 1.87 bits per heavy atom. The summed E-state index contributed by atoms with van der Waals surface area (Å²) in [5.41, 5.74) is -0.233. The van der Waals surface area contributed by atoms with Crippen molar-refractivity contribution in [3.05, 3.63) is 36.0 Å². The van der Waals surface area contributed by atoms with Gasteiger partial charge in [0.1, 0.15) is 0 Å². The van der Waals surface area contributed by atoms with Gasteiger partial charge in [-0.2, -0.15) is 23.3 Å². The Morgan fingerprint density at radius 1 is 1.17 bits per heavy atom. The van der Waals surface area contributed by atoms with Gasteiger partial charge in [-0.1, -0.05) is 13.3 Å². The van der Waals surface area contributed by atoms with E-state index in [2.05, 4.69) is 27.4 Å². The standard InChI is InChI=1S/C15H18F3N5/c1-3-4-9-23(2)13-10-19-22-14(21-13)20-12-7-5-11(6-8-12)15(16,17)18/h5-8,10H,3-4,9H2,1-2H3,(H,20,21,22). The average molecular weight is 325 g/mol. The van der Waals surface area contributed by atoms with Crippen molar-refractivity contribution in [1.82, 2.24) is 15.2 Å². The molecule has 5 nitrogen and oxygen atoms in total. The van der Waals surface area contributed by atoms with E-state index in [0.717, 1.165) is 31.5 Å². The van der Waals surface area contributed by atoms with Gasteiger partial charge in [0.25, 0.3) is 0 Å². The molecule has 8 heteroatoms. The number of halogens is 3. The van der Waals surface area contributed by atoms with Crippen LogP contribution in [0.25, 0.3) is 0 Å². The highest BCUT2D eigenvalue weighted by molar-refractivity contribution is 5.54. The summed E-state index contributed by atoms with van der Waals surface area (Å²) in [7, 11) is 1.90. The van der Waals surface area contributed by atoms with Gasteiger partial charge in [0, 0.05) is 19.3 Å². The predicted octanol–water partition coefficient (Wildman–Crippen LogP) is 3.87. The van der Waals surface area contributed by atoms with Crippen LogP contribution in [0, 0.1) is 0 Å². The fraction of sp³-hybridized carbons (Fsp3) is 0.400. The highest BCUT2D eigenvalue weighted by Gasteiger charge is 2.29. The van der Waals surface area contributed by atoms with Crippen LogP contribution in [-0.4, -0.2) is 28.8 Å². The number of anilines is 3. The smallest absolute Gasteiger partial charge is 0.358 e. The molecule has 0 bridgehead atoms. The summed E-state index contributed by atoms with van der Waals surface area (Å²) in [5.74, 6) is 0.897. The predicted molar refractivity (Wildman–Crippen MR) is 82.7 cm³/mol. The van der Waals surface area contributed by atoms with Gasteiger partial charge in [-0.25, -0.2) is 0 Å². The number of benzene rings is 1. The molecule has 0 atom stereocenters. The lowest BCUT2D eigenvalue weighted by Crippen LogP contribution is -2.20. The van der Waals surface area contributed by atoms with Crippen molar-refractivity contribution < 1.29 is 13.2 Å². The van der Waals surface area contributed by atoms with Crippen molar-refractivity contribution in [2.24, 2.45) is 0 Å². The van der Waals surface area contributed by atoms with Gasteiger partial charge in [-0.05, 0) is 30.7 Å². The number of rotatable bonds is 6. The quantitative estimate of drug-likeness (QED) is 0.874. The number of nitrogens with one attached hydrogen (secondary N) is 1. The summed E-state index contributed by atoms with van der Waals surface area (Å²) in [6, 6.07) is 4.68. The first kappa shape index (κ1) is 17.0. The molecule has 2 aromatic rings. The van der Waals surface area contributed by atoms with E-state index in [9.17, 15) is 13.2 Å². The van der Waals surface area contributed by atoms with E-state index in [4.69, 9.17) is 0 Å². The second-order valence-corrected chi connectivity index (χ2v) is 5.11. The SMILES string of the molecule is CCCCN(C)c1cnnc(Nc2ccc(C(F)(F)F)cc2)n1. The minimum atomic E-state index is -4.35. The molecule has 124 valence electrons. The van der Waals surface area contributed by atoms with Crippen LogP contribution in [0.2, 0.25) is 0 Å². The van der Waals surface area contributed by atoms with E-state index in [1.165, 1.54) is 12.1 Å². The maximum atomic E-state index is 12.5. The zero-order valence-electron chi connectivity index (χ0n) is 12.9. The normalized spacial score (nSPS) is 11.3. The molecule has 23 heavy (non-hydrogen) atoms. The first-order valence-electron chi connectivity index (χ1n) is 7.25. The molecule has 1 N–H and O–H groups in total. The molecule has 0 unspecified atom stereocenters. The minimum Gasteiger partial charge on any atom is -0.358 e. The van der Waals surface area contributed by atoms with Gasteiger partial charge >= 0.3 is 6.18 Å². The number of nitrogens with zero attached hydrogens (tertiary/aromatic N) is 4. The Kier molecular flexibility index (Phi) is 5.36. The molecular weight excluding hydrogens is 307 g/mol. The molecule has 0 spiro atoms. The van der Waals surface area contributed by atoms with Crippen molar-refractivity contribution in [1.29, 1.82) is 0 Å². The van der Waals surface area contributed by atoms with E-state index in [1.54, 1.807) is 6.20 Å². The molecular formula is C15H18F3N5. The van der Waals surface area contributed by atoms with Crippen LogP contribution < -0.4 is 10.2 Å². The lowest BCUT2D eigenvalue weighted by atomic mass is 10.2. The van der Waals surface area contributed by atoms with E-state index in [-0.39, 0.29) is 5.95 Å². The molecule has 0 saturated heterocycles. The highest BCUT2D eigenvalue weighted by atomic mass is 19.4. The van der Waals surface area contributed by atoms with E-state index >= 15 is 0 Å². The van der Waals surface area contributed by atoms with E-state index < -0.39 is 11.7 Å². The average Bonchev–Trinajstić information content (AvgIpc) is 2.52. The molecule has 0 radical (unpaired) electrons. The molecule has 0 aliphatic carbocycles. The molecule has 1 heterocycles. The van der Waals surface area contributed by atoms with Crippen LogP contribution in [0.1, 0.15) is 25.3 Å². The van der Waals surface area contributed by atoms with Crippen LogP contribution >= 0.6 is 0 Å². The third-order valence-electron chi connectivity index (χ3n) is 3.25. The number of hydrogen-bond acceptors (Lipinski definition) is 5. The zero-order chi connectivity index (χ0) is 16.9. The van der Waals surface area contributed by atoms with Crippen molar-refractivity contribution in [2.45, 2.75) is 25.9 Å². The summed E-state index contributed by atoms with van der Waals surface area (Å²) in [6.45, 7) is 2.94. The molecule has 0 fully saturated rings. The lowest BCUT2D eigenvalue weighted by molar-refractivity contribution is -0.137. The van der Waals surface area contributed by atoms with Gasteiger partial charge in [0.05, 0.1) is 11.8 Å². The third kappa shape index (κ3) is 4.80. The highest BCUT2D eigenvalue weighted by Crippen LogP contribution is 2.30. The summed E-state index contributed by atoms with van der Waals surface area (Å²) in [6.07, 6.45) is -0.701. The third-order valence-corrected chi connectivity index (χ3v) is 3.25. The maximum Gasteiger partial charge on any atom is 0.416 e. The Morgan fingerprint density at radius 3 is 2.48 bits per heavy atom. The van der Waals surface area contributed by atoms with Crippen LogP contribution in [0.15, 0.2) is 30.5 Å². The van der Waals surface area contributed by atoms with Crippen molar-refractivity contribution in [3.63, 3.8) is 0 Å². The molecule has 2 rings (SSSR count). The fourth-order valence-corrected chi connectivity index (χ4v) is 1.91. The summed E-state index contributed by atoms with van der Waals surface area (Å²) in [5, 5.41) is 10.6. The van der Waals surface area contributed by atoms with Gasteiger partial charge in [0.2, 0.25) is 5.95 Å². The van der Waals surface area contributed by atoms with Crippen molar-refractivity contribution in [2.75, 3.05) is 23.8 Å². The Bertz CT molecular complexity index is 628. The van der Waals surface area contributed by atoms with Crippen LogP contribution in [0.4, 0.5) is 30.6 Å². The topological polar surface area (TPSA) is 53.9 Å². The second kappa shape index (κ2) is 7.26. The summed E-state index contributed by atoms with van der Waals surface area (Å²) < 4.78 is 37.6. The zero-order valence-corrected chi connectivity index (χ0v) is 12.9. The van der Waals surface area contributed by atoms with Crippen molar-refractivity contribution >= 4 is 17.5 Å². The molecule has 0 amide bonds. The molecule has 0 aliphatic heterocycles. The summed E-state index contributed by atoms with van der Waals surface area (Å²) in [4.78, 5) is 6.27. The Labute approximate surface area is 132 Å². The van der Waals surface area contributed by atoms with Gasteiger partial charge in [-0.15, -0.1) is 5.10 Å². The first-order valence-corrected chi connectivity index (χ1v) is 7.25.